The van der Waals surface area contributed by atoms with Gasteiger partial charge in [0.15, 0.2) is 0 Å². The van der Waals surface area contributed by atoms with Gasteiger partial charge >= 0.3 is 0 Å². The first kappa shape index (κ1) is 17.5. The summed E-state index contributed by atoms with van der Waals surface area (Å²) in [5, 5.41) is 3.94. The minimum absolute atomic E-state index is 0.171. The topological polar surface area (TPSA) is 68.0 Å². The largest absolute Gasteiger partial charge is 0.397 e. The number of hydrogen-bond acceptors (Lipinski definition) is 4. The Hall–Kier alpha value is -1.92. The van der Waals surface area contributed by atoms with E-state index in [1.165, 1.54) is 35.3 Å². The smallest absolute Gasteiger partial charge is 0.267 e. The van der Waals surface area contributed by atoms with Crippen molar-refractivity contribution in [2.75, 3.05) is 11.1 Å². The van der Waals surface area contributed by atoms with Gasteiger partial charge in [0.2, 0.25) is 0 Å². The normalized spacial score (nSPS) is 13.6. The fourth-order valence-corrected chi connectivity index (χ4v) is 4.98. The second-order valence-corrected chi connectivity index (χ2v) is 8.48. The number of amides is 1. The van der Waals surface area contributed by atoms with Crippen molar-refractivity contribution in [2.45, 2.75) is 39.0 Å². The lowest BCUT2D eigenvalue weighted by Gasteiger charge is -2.19. The maximum atomic E-state index is 12.8. The third-order valence-corrected chi connectivity index (χ3v) is 6.55. The number of benzene rings is 1. The second kappa shape index (κ2) is 7.00. The van der Waals surface area contributed by atoms with Gasteiger partial charge in [-0.25, -0.2) is 4.98 Å². The van der Waals surface area contributed by atoms with E-state index in [1.54, 1.807) is 0 Å². The average molecular weight is 430 g/mol. The van der Waals surface area contributed by atoms with Gasteiger partial charge in [-0.1, -0.05) is 22.9 Å². The van der Waals surface area contributed by atoms with Crippen LogP contribution in [0.5, 0.6) is 0 Å². The molecule has 0 atom stereocenters. The Morgan fingerprint density at radius 3 is 2.62 bits per heavy atom. The molecule has 3 aromatic rings. The predicted octanol–water partition coefficient (Wildman–Crippen LogP) is 5.33. The number of halogens is 1. The summed E-state index contributed by atoms with van der Waals surface area (Å²) in [6.07, 6.45) is 5.38. The molecule has 0 bridgehead atoms. The molecule has 134 valence electrons. The van der Waals surface area contributed by atoms with Crippen LogP contribution in [0.25, 0.3) is 10.2 Å². The summed E-state index contributed by atoms with van der Waals surface area (Å²) in [7, 11) is 0. The monoisotopic (exact) mass is 429 g/mol. The highest BCUT2D eigenvalue weighted by molar-refractivity contribution is 9.10. The Labute approximate surface area is 164 Å². The predicted molar refractivity (Wildman–Crippen MR) is 112 cm³/mol. The van der Waals surface area contributed by atoms with E-state index in [0.29, 0.717) is 10.6 Å². The van der Waals surface area contributed by atoms with Crippen LogP contribution in [0.4, 0.5) is 11.4 Å². The highest BCUT2D eigenvalue weighted by Crippen LogP contribution is 2.40. The molecule has 0 saturated carbocycles. The van der Waals surface area contributed by atoms with Gasteiger partial charge in [0.25, 0.3) is 5.91 Å². The maximum Gasteiger partial charge on any atom is 0.267 e. The summed E-state index contributed by atoms with van der Waals surface area (Å²) in [4.78, 5) is 19.1. The Morgan fingerprint density at radius 1 is 1.23 bits per heavy atom. The zero-order chi connectivity index (χ0) is 18.3. The quantitative estimate of drug-likeness (QED) is 0.590. The van der Waals surface area contributed by atoms with Gasteiger partial charge in [-0.05, 0) is 67.5 Å². The fourth-order valence-electron chi connectivity index (χ4n) is 3.67. The summed E-state index contributed by atoms with van der Waals surface area (Å²) < 4.78 is 0.972. The van der Waals surface area contributed by atoms with E-state index in [-0.39, 0.29) is 5.91 Å². The van der Waals surface area contributed by atoms with Crippen molar-refractivity contribution in [3.63, 3.8) is 0 Å². The molecule has 4 nitrogen and oxygen atoms in total. The lowest BCUT2D eigenvalue weighted by molar-refractivity contribution is 0.103. The van der Waals surface area contributed by atoms with Crippen molar-refractivity contribution in [3.05, 3.63) is 50.4 Å². The molecule has 2 aromatic heterocycles. The Bertz CT molecular complexity index is 995. The molecule has 0 radical (unpaired) electrons. The minimum Gasteiger partial charge on any atom is -0.397 e. The van der Waals surface area contributed by atoms with E-state index in [1.807, 2.05) is 24.3 Å². The zero-order valence-corrected chi connectivity index (χ0v) is 17.0. The summed E-state index contributed by atoms with van der Waals surface area (Å²) in [5.41, 5.74) is 11.6. The van der Waals surface area contributed by atoms with Gasteiger partial charge in [0.1, 0.15) is 9.71 Å². The van der Waals surface area contributed by atoms with E-state index in [9.17, 15) is 4.79 Å². The van der Waals surface area contributed by atoms with E-state index in [4.69, 9.17) is 10.7 Å². The molecule has 4 rings (SSSR count). The molecule has 0 fully saturated rings. The van der Waals surface area contributed by atoms with Crippen molar-refractivity contribution in [3.8, 4) is 0 Å². The number of hydrogen-bond donors (Lipinski definition) is 2. The van der Waals surface area contributed by atoms with Crippen molar-refractivity contribution < 1.29 is 4.79 Å². The molecule has 0 spiro atoms. The van der Waals surface area contributed by atoms with Crippen LogP contribution < -0.4 is 11.1 Å². The Balaban J connectivity index is 1.77. The van der Waals surface area contributed by atoms with Crippen LogP contribution in [-0.4, -0.2) is 10.9 Å². The van der Waals surface area contributed by atoms with Crippen molar-refractivity contribution in [1.29, 1.82) is 0 Å². The van der Waals surface area contributed by atoms with Crippen LogP contribution in [0.3, 0.4) is 0 Å². The van der Waals surface area contributed by atoms with Crippen molar-refractivity contribution >= 4 is 54.8 Å². The van der Waals surface area contributed by atoms with Crippen LogP contribution in [0.1, 0.15) is 46.3 Å². The van der Waals surface area contributed by atoms with Crippen LogP contribution >= 0.6 is 27.3 Å². The standard InChI is InChI=1S/C20H20BrN3OS/c1-2-15-13-5-3-4-6-14(13)16-17(22)18(26-20(16)24-15)19(25)23-12-9-7-11(21)8-10-12/h7-10H,2-6,22H2,1H3,(H,23,25). The fraction of sp³-hybridized carbons (Fsp3) is 0.300. The Morgan fingerprint density at radius 2 is 1.92 bits per heavy atom. The summed E-state index contributed by atoms with van der Waals surface area (Å²) >= 11 is 4.80. The lowest BCUT2D eigenvalue weighted by atomic mass is 9.88. The van der Waals surface area contributed by atoms with Crippen LogP contribution in [0, 0.1) is 0 Å². The van der Waals surface area contributed by atoms with E-state index >= 15 is 0 Å². The first-order chi connectivity index (χ1) is 12.6. The highest BCUT2D eigenvalue weighted by atomic mass is 79.9. The molecule has 2 heterocycles. The zero-order valence-electron chi connectivity index (χ0n) is 14.6. The molecule has 26 heavy (non-hydrogen) atoms. The number of nitrogens with two attached hydrogens (primary N) is 1. The van der Waals surface area contributed by atoms with Gasteiger partial charge < -0.3 is 11.1 Å². The number of nitrogens with zero attached hydrogens (tertiary/aromatic N) is 1. The Kier molecular flexibility index (Phi) is 4.71. The molecule has 0 unspecified atom stereocenters. The van der Waals surface area contributed by atoms with Crippen molar-refractivity contribution in [1.82, 2.24) is 4.98 Å². The molecule has 3 N–H and O–H groups in total. The molecular weight excluding hydrogens is 410 g/mol. The maximum absolute atomic E-state index is 12.8. The number of nitrogen functional groups attached to an aromatic ring is 1. The number of fused-ring (bicyclic) bond motifs is 3. The lowest BCUT2D eigenvalue weighted by Crippen LogP contribution is -2.12. The number of aromatic nitrogens is 1. The number of carbonyl (C=O) groups excluding carboxylic acids is 1. The number of thiophene rings is 1. The van der Waals surface area contributed by atoms with E-state index < -0.39 is 0 Å². The van der Waals surface area contributed by atoms with Gasteiger partial charge in [0.05, 0.1) is 5.69 Å². The van der Waals surface area contributed by atoms with Crippen LogP contribution in [-0.2, 0) is 19.3 Å². The third-order valence-electron chi connectivity index (χ3n) is 4.92. The molecule has 6 heteroatoms. The molecule has 1 aromatic carbocycles. The highest BCUT2D eigenvalue weighted by Gasteiger charge is 2.24. The molecule has 0 saturated heterocycles. The number of nitrogens with one attached hydrogen (secondary N) is 1. The summed E-state index contributed by atoms with van der Waals surface area (Å²) in [6, 6.07) is 7.52. The SMILES string of the molecule is CCc1nc2sc(C(=O)Nc3ccc(Br)cc3)c(N)c2c2c1CCCC2. The molecule has 1 amide bonds. The number of aryl methyl sites for hydroxylation is 2. The number of rotatable bonds is 3. The van der Waals surface area contributed by atoms with E-state index in [2.05, 4.69) is 28.2 Å². The minimum atomic E-state index is -0.171. The molecular formula is C20H20BrN3OS. The first-order valence-corrected chi connectivity index (χ1v) is 10.5. The molecule has 0 aliphatic heterocycles. The second-order valence-electron chi connectivity index (χ2n) is 6.56. The van der Waals surface area contributed by atoms with Crippen LogP contribution in [0.2, 0.25) is 0 Å². The van der Waals surface area contributed by atoms with Gasteiger partial charge in [-0.15, -0.1) is 11.3 Å². The van der Waals surface area contributed by atoms with E-state index in [0.717, 1.165) is 45.3 Å². The number of carbonyl (C=O) groups is 1. The van der Waals surface area contributed by atoms with Gasteiger partial charge in [-0.2, -0.15) is 0 Å². The first-order valence-electron chi connectivity index (χ1n) is 8.88. The summed E-state index contributed by atoms with van der Waals surface area (Å²) in [5.74, 6) is -0.171. The molecule has 1 aliphatic carbocycles. The number of pyridine rings is 1. The summed E-state index contributed by atoms with van der Waals surface area (Å²) in [6.45, 7) is 2.14. The van der Waals surface area contributed by atoms with Crippen LogP contribution in [0.15, 0.2) is 28.7 Å². The van der Waals surface area contributed by atoms with Crippen molar-refractivity contribution in [2.24, 2.45) is 0 Å². The number of anilines is 2. The van der Waals surface area contributed by atoms with Gasteiger partial charge in [0, 0.05) is 21.2 Å². The molecule has 1 aliphatic rings. The van der Waals surface area contributed by atoms with Gasteiger partial charge in [-0.3, -0.25) is 4.79 Å². The third kappa shape index (κ3) is 3.01. The average Bonchev–Trinajstić information content (AvgIpc) is 2.99.